The maximum atomic E-state index is 4.77. The second-order valence-corrected chi connectivity index (χ2v) is 5.31. The number of nitrogens with zero attached hydrogens (tertiary/aromatic N) is 2. The fourth-order valence-electron chi connectivity index (χ4n) is 2.04. The van der Waals surface area contributed by atoms with Crippen molar-refractivity contribution in [2.75, 3.05) is 5.75 Å². The third-order valence-corrected chi connectivity index (χ3v) is 4.05. The molecule has 90 valence electrons. The minimum absolute atomic E-state index is 0.384. The summed E-state index contributed by atoms with van der Waals surface area (Å²) < 4.78 is 0. The van der Waals surface area contributed by atoms with Gasteiger partial charge in [-0.2, -0.15) is 0 Å². The minimum Gasteiger partial charge on any atom is -0.272 e. The molecule has 0 spiro atoms. The number of pyridine rings is 1. The molecule has 2 nitrogen and oxygen atoms in total. The standard InChI is InChI=1S/C15H14N2S/c1-2-6-12(7-3-1)10-13-11-18-15(17-13)14-8-4-5-9-16-14/h1-9,13H,10-11H2. The van der Waals surface area contributed by atoms with Gasteiger partial charge < -0.3 is 0 Å². The van der Waals surface area contributed by atoms with Crippen LogP contribution >= 0.6 is 11.8 Å². The van der Waals surface area contributed by atoms with Gasteiger partial charge in [0.25, 0.3) is 0 Å². The Balaban J connectivity index is 1.73. The van der Waals surface area contributed by atoms with Crippen LogP contribution < -0.4 is 0 Å². The van der Waals surface area contributed by atoms with Crippen LogP contribution in [-0.4, -0.2) is 21.8 Å². The van der Waals surface area contributed by atoms with Crippen molar-refractivity contribution in [2.45, 2.75) is 12.5 Å². The van der Waals surface area contributed by atoms with Gasteiger partial charge in [-0.25, -0.2) is 0 Å². The summed E-state index contributed by atoms with van der Waals surface area (Å²) in [5, 5.41) is 1.08. The summed E-state index contributed by atoms with van der Waals surface area (Å²) in [6.07, 6.45) is 2.84. The van der Waals surface area contributed by atoms with Gasteiger partial charge in [0.2, 0.25) is 0 Å². The number of hydrogen-bond donors (Lipinski definition) is 0. The van der Waals surface area contributed by atoms with E-state index in [4.69, 9.17) is 4.99 Å². The molecule has 1 aromatic carbocycles. The quantitative estimate of drug-likeness (QED) is 0.840. The van der Waals surface area contributed by atoms with Crippen molar-refractivity contribution in [1.82, 2.24) is 4.98 Å². The minimum atomic E-state index is 0.384. The van der Waals surface area contributed by atoms with Gasteiger partial charge in [-0.15, -0.1) is 11.8 Å². The fourth-order valence-corrected chi connectivity index (χ4v) is 3.07. The van der Waals surface area contributed by atoms with Crippen LogP contribution in [0.25, 0.3) is 0 Å². The number of rotatable bonds is 3. The lowest BCUT2D eigenvalue weighted by Crippen LogP contribution is -2.07. The van der Waals surface area contributed by atoms with Gasteiger partial charge in [0, 0.05) is 11.9 Å². The van der Waals surface area contributed by atoms with Crippen LogP contribution in [0, 0.1) is 0 Å². The molecular weight excluding hydrogens is 240 g/mol. The number of aromatic nitrogens is 1. The first kappa shape index (κ1) is 11.5. The number of hydrogen-bond acceptors (Lipinski definition) is 3. The van der Waals surface area contributed by atoms with Gasteiger partial charge in [-0.1, -0.05) is 36.4 Å². The highest BCUT2D eigenvalue weighted by molar-refractivity contribution is 8.14. The molecule has 1 aliphatic heterocycles. The van der Waals surface area contributed by atoms with Crippen molar-refractivity contribution >= 4 is 16.8 Å². The zero-order chi connectivity index (χ0) is 12.2. The van der Waals surface area contributed by atoms with Crippen molar-refractivity contribution < 1.29 is 0 Å². The van der Waals surface area contributed by atoms with Gasteiger partial charge in [0.15, 0.2) is 0 Å². The van der Waals surface area contributed by atoms with Gasteiger partial charge in [-0.3, -0.25) is 9.98 Å². The summed E-state index contributed by atoms with van der Waals surface area (Å²) in [6.45, 7) is 0. The van der Waals surface area contributed by atoms with E-state index in [0.717, 1.165) is 22.9 Å². The lowest BCUT2D eigenvalue weighted by molar-refractivity contribution is 0.762. The predicted octanol–water partition coefficient (Wildman–Crippen LogP) is 3.19. The molecule has 0 N–H and O–H groups in total. The molecule has 0 fully saturated rings. The summed E-state index contributed by atoms with van der Waals surface area (Å²) in [7, 11) is 0. The van der Waals surface area contributed by atoms with Crippen molar-refractivity contribution in [3.05, 3.63) is 66.0 Å². The van der Waals surface area contributed by atoms with Crippen LogP contribution in [0.3, 0.4) is 0 Å². The Hall–Kier alpha value is -1.61. The molecule has 1 aromatic heterocycles. The molecule has 2 heterocycles. The van der Waals surface area contributed by atoms with Gasteiger partial charge in [0.1, 0.15) is 5.04 Å². The van der Waals surface area contributed by atoms with E-state index in [-0.39, 0.29) is 0 Å². The second-order valence-electron chi connectivity index (χ2n) is 4.30. The molecular formula is C15H14N2S. The summed E-state index contributed by atoms with van der Waals surface area (Å²) in [6, 6.07) is 16.9. The summed E-state index contributed by atoms with van der Waals surface area (Å²) in [5.74, 6) is 1.06. The van der Waals surface area contributed by atoms with E-state index in [1.807, 2.05) is 36.2 Å². The Bertz CT molecular complexity index is 537. The Labute approximate surface area is 111 Å². The SMILES string of the molecule is c1ccc(CC2CSC(c3ccccn3)=N2)cc1. The Kier molecular flexibility index (Phi) is 3.42. The Morgan fingerprint density at radius 1 is 1.06 bits per heavy atom. The molecule has 0 amide bonds. The average Bonchev–Trinajstić information content (AvgIpc) is 2.89. The smallest absolute Gasteiger partial charge is 0.117 e. The second kappa shape index (κ2) is 5.36. The van der Waals surface area contributed by atoms with Crippen molar-refractivity contribution in [2.24, 2.45) is 4.99 Å². The van der Waals surface area contributed by atoms with E-state index in [1.54, 1.807) is 0 Å². The average molecular weight is 254 g/mol. The van der Waals surface area contributed by atoms with Crippen molar-refractivity contribution in [3.8, 4) is 0 Å². The zero-order valence-electron chi connectivity index (χ0n) is 9.99. The van der Waals surface area contributed by atoms with E-state index in [2.05, 4.69) is 35.3 Å². The highest BCUT2D eigenvalue weighted by atomic mass is 32.2. The number of aliphatic imine (C=N–C) groups is 1. The Morgan fingerprint density at radius 3 is 2.67 bits per heavy atom. The summed E-state index contributed by atoms with van der Waals surface area (Å²) >= 11 is 1.81. The van der Waals surface area contributed by atoms with E-state index < -0.39 is 0 Å². The van der Waals surface area contributed by atoms with Crippen LogP contribution in [0.5, 0.6) is 0 Å². The highest BCUT2D eigenvalue weighted by Crippen LogP contribution is 2.24. The first-order valence-electron chi connectivity index (χ1n) is 6.08. The Morgan fingerprint density at radius 2 is 1.89 bits per heavy atom. The van der Waals surface area contributed by atoms with E-state index >= 15 is 0 Å². The van der Waals surface area contributed by atoms with Crippen molar-refractivity contribution in [1.29, 1.82) is 0 Å². The van der Waals surface area contributed by atoms with Crippen LogP contribution in [0.15, 0.2) is 59.7 Å². The molecule has 0 bridgehead atoms. The molecule has 0 aliphatic carbocycles. The maximum absolute atomic E-state index is 4.77. The third-order valence-electron chi connectivity index (χ3n) is 2.91. The molecule has 1 atom stereocenters. The first-order chi connectivity index (χ1) is 8.92. The van der Waals surface area contributed by atoms with Gasteiger partial charge >= 0.3 is 0 Å². The van der Waals surface area contributed by atoms with Crippen LogP contribution in [-0.2, 0) is 6.42 Å². The molecule has 0 radical (unpaired) electrons. The van der Waals surface area contributed by atoms with Crippen LogP contribution in [0.2, 0.25) is 0 Å². The topological polar surface area (TPSA) is 25.2 Å². The highest BCUT2D eigenvalue weighted by Gasteiger charge is 2.20. The molecule has 18 heavy (non-hydrogen) atoms. The molecule has 1 aliphatic rings. The normalized spacial score (nSPS) is 18.7. The molecule has 0 saturated heterocycles. The molecule has 3 rings (SSSR count). The lowest BCUT2D eigenvalue weighted by atomic mass is 10.1. The molecule has 1 unspecified atom stereocenters. The van der Waals surface area contributed by atoms with E-state index in [0.29, 0.717) is 6.04 Å². The molecule has 0 saturated carbocycles. The fraction of sp³-hybridized carbons (Fsp3) is 0.200. The van der Waals surface area contributed by atoms with Crippen molar-refractivity contribution in [3.63, 3.8) is 0 Å². The monoisotopic (exact) mass is 254 g/mol. The predicted molar refractivity (Wildman–Crippen MR) is 77.2 cm³/mol. The first-order valence-corrected chi connectivity index (χ1v) is 7.06. The van der Waals surface area contributed by atoms with Crippen LogP contribution in [0.1, 0.15) is 11.3 Å². The van der Waals surface area contributed by atoms with Gasteiger partial charge in [0.05, 0.1) is 11.7 Å². The maximum Gasteiger partial charge on any atom is 0.117 e. The largest absolute Gasteiger partial charge is 0.272 e. The van der Waals surface area contributed by atoms with Gasteiger partial charge in [-0.05, 0) is 24.1 Å². The van der Waals surface area contributed by atoms with E-state index in [9.17, 15) is 0 Å². The summed E-state index contributed by atoms with van der Waals surface area (Å²) in [4.78, 5) is 9.12. The van der Waals surface area contributed by atoms with E-state index in [1.165, 1.54) is 5.56 Å². The third kappa shape index (κ3) is 2.62. The number of thioether (sulfide) groups is 1. The van der Waals surface area contributed by atoms with Crippen LogP contribution in [0.4, 0.5) is 0 Å². The molecule has 2 aromatic rings. The number of benzene rings is 1. The summed E-state index contributed by atoms with van der Waals surface area (Å²) in [5.41, 5.74) is 2.35. The molecule has 3 heteroatoms. The zero-order valence-corrected chi connectivity index (χ0v) is 10.8. The lowest BCUT2D eigenvalue weighted by Gasteiger charge is -2.04.